The molecule has 1 heterocycles. The van der Waals surface area contributed by atoms with Gasteiger partial charge in [-0.3, -0.25) is 0 Å². The van der Waals surface area contributed by atoms with Gasteiger partial charge in [0.1, 0.15) is 0 Å². The summed E-state index contributed by atoms with van der Waals surface area (Å²) in [5, 5.41) is 4.42. The summed E-state index contributed by atoms with van der Waals surface area (Å²) in [6, 6.07) is 2.23. The van der Waals surface area contributed by atoms with Crippen molar-refractivity contribution < 1.29 is 0 Å². The van der Waals surface area contributed by atoms with E-state index in [2.05, 4.69) is 75.4 Å². The average Bonchev–Trinajstić information content (AvgIpc) is 3.15. The maximum atomic E-state index is 3.79. The number of allylic oxidation sites excluding steroid dienone is 9. The van der Waals surface area contributed by atoms with Gasteiger partial charge in [0.05, 0.1) is 0 Å². The molecule has 0 N–H and O–H groups in total. The molecule has 28 heavy (non-hydrogen) atoms. The van der Waals surface area contributed by atoms with Crippen LogP contribution < -0.4 is 0 Å². The molecule has 1 aromatic heterocycles. The Hall–Kier alpha value is -1.60. The molecule has 0 unspecified atom stereocenters. The quantitative estimate of drug-likeness (QED) is 0.275. The van der Waals surface area contributed by atoms with Crippen LogP contribution in [-0.4, -0.2) is 0 Å². The van der Waals surface area contributed by atoms with Crippen molar-refractivity contribution in [3.63, 3.8) is 0 Å². The first-order chi connectivity index (χ1) is 13.5. The molecule has 0 amide bonds. The zero-order valence-electron chi connectivity index (χ0n) is 18.6. The van der Waals surface area contributed by atoms with Crippen molar-refractivity contribution in [2.75, 3.05) is 0 Å². The van der Waals surface area contributed by atoms with Crippen LogP contribution in [0.4, 0.5) is 0 Å². The molecule has 0 aliphatic heterocycles. The molecule has 0 saturated carbocycles. The molecular weight excluding hydrogens is 356 g/mol. The van der Waals surface area contributed by atoms with Gasteiger partial charge in [0.15, 0.2) is 0 Å². The summed E-state index contributed by atoms with van der Waals surface area (Å²) in [5.74, 6) is 0. The molecule has 0 saturated heterocycles. The largest absolute Gasteiger partial charge is 0.152 e. The van der Waals surface area contributed by atoms with Crippen LogP contribution in [0.25, 0.3) is 0 Å². The van der Waals surface area contributed by atoms with Gasteiger partial charge in [-0.2, -0.15) is 11.3 Å². The van der Waals surface area contributed by atoms with Crippen LogP contribution in [0.3, 0.4) is 0 Å². The first kappa shape index (κ1) is 24.4. The topological polar surface area (TPSA) is 0 Å². The molecule has 0 spiro atoms. The maximum absolute atomic E-state index is 3.79. The lowest BCUT2D eigenvalue weighted by molar-refractivity contribution is 0.892. The molecule has 0 atom stereocenters. The molecule has 0 bridgehead atoms. The summed E-state index contributed by atoms with van der Waals surface area (Å²) in [7, 11) is 0. The number of thiophene rings is 1. The summed E-state index contributed by atoms with van der Waals surface area (Å²) < 4.78 is 0. The summed E-state index contributed by atoms with van der Waals surface area (Å²) in [6.45, 7) is 12.8. The van der Waals surface area contributed by atoms with Gasteiger partial charge in [-0.15, -0.1) is 6.58 Å². The van der Waals surface area contributed by atoms with Gasteiger partial charge < -0.3 is 0 Å². The molecule has 0 nitrogen and oxygen atoms in total. The van der Waals surface area contributed by atoms with E-state index in [4.69, 9.17) is 0 Å². The highest BCUT2D eigenvalue weighted by Crippen LogP contribution is 2.15. The van der Waals surface area contributed by atoms with Crippen LogP contribution in [-0.2, 0) is 6.42 Å². The van der Waals surface area contributed by atoms with E-state index in [0.29, 0.717) is 0 Å². The fourth-order valence-corrected chi connectivity index (χ4v) is 3.88. The van der Waals surface area contributed by atoms with E-state index >= 15 is 0 Å². The van der Waals surface area contributed by atoms with Gasteiger partial charge in [-0.05, 0) is 108 Å². The molecule has 0 radical (unpaired) electrons. The smallest absolute Gasteiger partial charge is 0.00611 e. The number of hydrogen-bond donors (Lipinski definition) is 0. The van der Waals surface area contributed by atoms with Crippen LogP contribution in [0.5, 0.6) is 0 Å². The molecule has 1 heteroatoms. The van der Waals surface area contributed by atoms with Crippen LogP contribution in [0.1, 0.15) is 84.6 Å². The van der Waals surface area contributed by atoms with Crippen molar-refractivity contribution in [3.05, 3.63) is 81.6 Å². The minimum atomic E-state index is 1.01. The summed E-state index contributed by atoms with van der Waals surface area (Å²) in [4.78, 5) is 0. The van der Waals surface area contributed by atoms with Crippen molar-refractivity contribution in [3.8, 4) is 0 Å². The van der Waals surface area contributed by atoms with Crippen molar-refractivity contribution >= 4 is 11.3 Å². The Morgan fingerprint density at radius 2 is 1.29 bits per heavy atom. The predicted molar refractivity (Wildman–Crippen MR) is 130 cm³/mol. The van der Waals surface area contributed by atoms with Gasteiger partial charge in [-0.1, -0.05) is 52.7 Å². The summed E-state index contributed by atoms with van der Waals surface area (Å²) in [5.41, 5.74) is 7.46. The lowest BCUT2D eigenvalue weighted by Crippen LogP contribution is -1.83. The second-order valence-corrected chi connectivity index (χ2v) is 8.76. The monoisotopic (exact) mass is 396 g/mol. The van der Waals surface area contributed by atoms with E-state index in [-0.39, 0.29) is 0 Å². The molecular formula is C27H40S. The fourth-order valence-electron chi connectivity index (χ4n) is 3.18. The molecule has 0 aromatic carbocycles. The molecule has 0 fully saturated rings. The van der Waals surface area contributed by atoms with Crippen LogP contribution >= 0.6 is 11.3 Å². The molecule has 1 aromatic rings. The van der Waals surface area contributed by atoms with Gasteiger partial charge in [-0.25, -0.2) is 0 Å². The Kier molecular flexibility index (Phi) is 13.4. The van der Waals surface area contributed by atoms with Crippen molar-refractivity contribution in [1.82, 2.24) is 0 Å². The molecule has 0 aliphatic rings. The Morgan fingerprint density at radius 3 is 1.75 bits per heavy atom. The Morgan fingerprint density at radius 1 is 0.786 bits per heavy atom. The van der Waals surface area contributed by atoms with Gasteiger partial charge in [0.2, 0.25) is 0 Å². The van der Waals surface area contributed by atoms with Crippen molar-refractivity contribution in [2.45, 2.75) is 85.5 Å². The third-order valence-corrected chi connectivity index (χ3v) is 5.80. The van der Waals surface area contributed by atoms with Gasteiger partial charge in [0, 0.05) is 0 Å². The third kappa shape index (κ3) is 12.7. The van der Waals surface area contributed by atoms with E-state index in [1.807, 2.05) is 6.08 Å². The summed E-state index contributed by atoms with van der Waals surface area (Å²) >= 11 is 1.79. The predicted octanol–water partition coefficient (Wildman–Crippen LogP) is 9.38. The standard InChI is InChI=1S/C27H40S/c1-6-11-23(2)12-7-13-24(3)14-8-15-25(4)16-9-17-26(5)18-10-19-27-20-21-28-22-27/h6,12,14,16,18,20-22H,1,7-11,13,15,17,19H2,2-5H3/b23-12+,24-14+,25-16+,26-18+. The average molecular weight is 397 g/mol. The minimum Gasteiger partial charge on any atom is -0.152 e. The second-order valence-electron chi connectivity index (χ2n) is 7.98. The van der Waals surface area contributed by atoms with E-state index in [1.54, 1.807) is 11.3 Å². The normalized spacial score (nSPS) is 13.9. The van der Waals surface area contributed by atoms with E-state index in [9.17, 15) is 0 Å². The highest BCUT2D eigenvalue weighted by molar-refractivity contribution is 7.07. The van der Waals surface area contributed by atoms with E-state index < -0.39 is 0 Å². The van der Waals surface area contributed by atoms with Gasteiger partial charge in [0.25, 0.3) is 0 Å². The van der Waals surface area contributed by atoms with Crippen molar-refractivity contribution in [2.24, 2.45) is 0 Å². The highest BCUT2D eigenvalue weighted by Gasteiger charge is 1.95. The van der Waals surface area contributed by atoms with Crippen LogP contribution in [0.2, 0.25) is 0 Å². The lowest BCUT2D eigenvalue weighted by atomic mass is 10.0. The highest BCUT2D eigenvalue weighted by atomic mass is 32.1. The SMILES string of the molecule is C=CC/C(C)=C/CC/C(C)=C/CC/C(C)=C/CC/C(C)=C/CCc1ccsc1. The first-order valence-electron chi connectivity index (χ1n) is 10.8. The van der Waals surface area contributed by atoms with E-state index in [0.717, 1.165) is 19.3 Å². The lowest BCUT2D eigenvalue weighted by Gasteiger charge is -2.03. The Bertz CT molecular complexity index is 665. The Labute approximate surface area is 178 Å². The second kappa shape index (κ2) is 15.3. The number of hydrogen-bond acceptors (Lipinski definition) is 1. The van der Waals surface area contributed by atoms with E-state index in [1.165, 1.54) is 66.4 Å². The molecule has 154 valence electrons. The van der Waals surface area contributed by atoms with Crippen molar-refractivity contribution in [1.29, 1.82) is 0 Å². The minimum absolute atomic E-state index is 1.01. The number of rotatable bonds is 14. The number of aryl methyl sites for hydroxylation is 1. The molecule has 0 aliphatic carbocycles. The Balaban J connectivity index is 2.19. The molecule has 1 rings (SSSR count). The first-order valence-corrected chi connectivity index (χ1v) is 11.7. The third-order valence-electron chi connectivity index (χ3n) is 5.07. The maximum Gasteiger partial charge on any atom is -0.00611 e. The van der Waals surface area contributed by atoms with Crippen LogP contribution in [0, 0.1) is 0 Å². The zero-order valence-corrected chi connectivity index (χ0v) is 19.4. The van der Waals surface area contributed by atoms with Crippen LogP contribution in [0.15, 0.2) is 76.1 Å². The zero-order chi connectivity index (χ0) is 20.6. The van der Waals surface area contributed by atoms with Gasteiger partial charge >= 0.3 is 0 Å². The summed E-state index contributed by atoms with van der Waals surface area (Å²) in [6.07, 6.45) is 22.0. The fraction of sp³-hybridized carbons (Fsp3) is 0.481.